The largest absolute Gasteiger partial charge is 0.339 e. The minimum absolute atomic E-state index is 0. The van der Waals surface area contributed by atoms with Crippen LogP contribution in [0.1, 0.15) is 32.1 Å². The van der Waals surface area contributed by atoms with Gasteiger partial charge in [0.2, 0.25) is 5.91 Å². The van der Waals surface area contributed by atoms with E-state index in [9.17, 15) is 4.79 Å². The molecule has 1 heterocycles. The average molecular weight is 231 g/mol. The van der Waals surface area contributed by atoms with Crippen LogP contribution in [0.25, 0.3) is 0 Å². The standard InChI is InChI=1S/C11H18N2O.ClH/c12-10-4-6-13(7-5-10)11(14)8-9-2-1-3-9;/h8,10H,1-7,12H2;1H. The van der Waals surface area contributed by atoms with Crippen molar-refractivity contribution in [1.29, 1.82) is 0 Å². The Morgan fingerprint density at radius 1 is 1.33 bits per heavy atom. The normalized spacial score (nSPS) is 21.7. The molecular formula is C11H19ClN2O. The van der Waals surface area contributed by atoms with E-state index in [2.05, 4.69) is 0 Å². The molecule has 0 aromatic heterocycles. The summed E-state index contributed by atoms with van der Waals surface area (Å²) in [6.07, 6.45) is 7.24. The van der Waals surface area contributed by atoms with Crippen LogP contribution in [-0.4, -0.2) is 29.9 Å². The van der Waals surface area contributed by atoms with Crippen molar-refractivity contribution in [2.45, 2.75) is 38.1 Å². The van der Waals surface area contributed by atoms with Crippen molar-refractivity contribution < 1.29 is 4.79 Å². The number of carbonyl (C=O) groups excluding carboxylic acids is 1. The number of nitrogens with zero attached hydrogens (tertiary/aromatic N) is 1. The minimum Gasteiger partial charge on any atom is -0.339 e. The fourth-order valence-corrected chi connectivity index (χ4v) is 1.91. The van der Waals surface area contributed by atoms with Crippen LogP contribution < -0.4 is 5.73 Å². The maximum Gasteiger partial charge on any atom is 0.246 e. The number of hydrogen-bond acceptors (Lipinski definition) is 2. The molecule has 1 saturated carbocycles. The van der Waals surface area contributed by atoms with Crippen molar-refractivity contribution in [3.05, 3.63) is 11.6 Å². The molecule has 4 heteroatoms. The van der Waals surface area contributed by atoms with E-state index in [4.69, 9.17) is 5.73 Å². The van der Waals surface area contributed by atoms with Gasteiger partial charge >= 0.3 is 0 Å². The van der Waals surface area contributed by atoms with Crippen molar-refractivity contribution in [3.63, 3.8) is 0 Å². The van der Waals surface area contributed by atoms with Crippen LogP contribution in [-0.2, 0) is 4.79 Å². The number of piperidine rings is 1. The van der Waals surface area contributed by atoms with Crippen molar-refractivity contribution in [3.8, 4) is 0 Å². The van der Waals surface area contributed by atoms with Crippen molar-refractivity contribution in [2.24, 2.45) is 5.73 Å². The monoisotopic (exact) mass is 230 g/mol. The summed E-state index contributed by atoms with van der Waals surface area (Å²) in [5, 5.41) is 0. The molecule has 1 aliphatic carbocycles. The summed E-state index contributed by atoms with van der Waals surface area (Å²) in [6.45, 7) is 1.67. The Morgan fingerprint density at radius 2 is 1.93 bits per heavy atom. The topological polar surface area (TPSA) is 46.3 Å². The maximum atomic E-state index is 11.7. The van der Waals surface area contributed by atoms with Crippen molar-refractivity contribution in [1.82, 2.24) is 4.90 Å². The zero-order valence-electron chi connectivity index (χ0n) is 8.95. The molecule has 0 bridgehead atoms. The molecule has 0 radical (unpaired) electrons. The summed E-state index contributed by atoms with van der Waals surface area (Å²) in [5.74, 6) is 0.201. The van der Waals surface area contributed by atoms with E-state index in [-0.39, 0.29) is 18.3 Å². The highest BCUT2D eigenvalue weighted by molar-refractivity contribution is 5.88. The van der Waals surface area contributed by atoms with Crippen LogP contribution in [0.2, 0.25) is 0 Å². The quantitative estimate of drug-likeness (QED) is 0.694. The summed E-state index contributed by atoms with van der Waals surface area (Å²) >= 11 is 0. The molecule has 15 heavy (non-hydrogen) atoms. The molecule has 2 aliphatic rings. The molecule has 1 amide bonds. The highest BCUT2D eigenvalue weighted by Gasteiger charge is 2.20. The molecule has 0 spiro atoms. The van der Waals surface area contributed by atoms with Gasteiger partial charge in [-0.15, -0.1) is 12.4 Å². The van der Waals surface area contributed by atoms with E-state index < -0.39 is 0 Å². The SMILES string of the molecule is Cl.NC1CCN(C(=O)C=C2CCC2)CC1. The van der Waals surface area contributed by atoms with E-state index in [1.165, 1.54) is 12.0 Å². The molecule has 0 aromatic carbocycles. The van der Waals surface area contributed by atoms with Gasteiger partial charge in [-0.3, -0.25) is 4.79 Å². The number of amides is 1. The zero-order chi connectivity index (χ0) is 9.97. The van der Waals surface area contributed by atoms with Crippen LogP contribution in [0.5, 0.6) is 0 Å². The fraction of sp³-hybridized carbons (Fsp3) is 0.727. The van der Waals surface area contributed by atoms with Gasteiger partial charge in [-0.2, -0.15) is 0 Å². The Balaban J connectivity index is 0.00000112. The summed E-state index contributed by atoms with van der Waals surface area (Å²) in [5.41, 5.74) is 7.11. The van der Waals surface area contributed by atoms with Gasteiger partial charge in [-0.05, 0) is 32.1 Å². The van der Waals surface area contributed by atoms with Gasteiger partial charge in [-0.25, -0.2) is 0 Å². The Labute approximate surface area is 97.1 Å². The van der Waals surface area contributed by atoms with Crippen LogP contribution in [0, 0.1) is 0 Å². The maximum absolute atomic E-state index is 11.7. The number of nitrogens with two attached hydrogens (primary N) is 1. The van der Waals surface area contributed by atoms with E-state index >= 15 is 0 Å². The molecule has 1 aliphatic heterocycles. The summed E-state index contributed by atoms with van der Waals surface area (Å²) in [4.78, 5) is 13.6. The van der Waals surface area contributed by atoms with E-state index in [1.807, 2.05) is 11.0 Å². The first-order valence-corrected chi connectivity index (χ1v) is 5.49. The van der Waals surface area contributed by atoms with Gasteiger partial charge in [0.1, 0.15) is 0 Å². The number of likely N-dealkylation sites (tertiary alicyclic amines) is 1. The molecule has 3 nitrogen and oxygen atoms in total. The molecular weight excluding hydrogens is 212 g/mol. The van der Waals surface area contributed by atoms with E-state index in [1.54, 1.807) is 0 Å². The summed E-state index contributed by atoms with van der Waals surface area (Å²) in [6, 6.07) is 0.301. The van der Waals surface area contributed by atoms with Gasteiger partial charge in [0.05, 0.1) is 0 Å². The van der Waals surface area contributed by atoms with Crippen LogP contribution in [0.15, 0.2) is 11.6 Å². The second-order valence-electron chi connectivity index (χ2n) is 4.32. The number of carbonyl (C=O) groups is 1. The van der Waals surface area contributed by atoms with Crippen LogP contribution >= 0.6 is 12.4 Å². The number of allylic oxidation sites excluding steroid dienone is 1. The molecule has 0 aromatic rings. The van der Waals surface area contributed by atoms with Crippen molar-refractivity contribution in [2.75, 3.05) is 13.1 Å². The second-order valence-corrected chi connectivity index (χ2v) is 4.32. The lowest BCUT2D eigenvalue weighted by Gasteiger charge is -2.30. The first-order chi connectivity index (χ1) is 6.75. The lowest BCUT2D eigenvalue weighted by Crippen LogP contribution is -2.42. The van der Waals surface area contributed by atoms with E-state index in [0.29, 0.717) is 6.04 Å². The third-order valence-corrected chi connectivity index (χ3v) is 3.17. The molecule has 2 rings (SSSR count). The zero-order valence-corrected chi connectivity index (χ0v) is 9.76. The summed E-state index contributed by atoms with van der Waals surface area (Å²) < 4.78 is 0. The molecule has 86 valence electrons. The first kappa shape index (κ1) is 12.5. The Kier molecular flexibility index (Phi) is 4.61. The molecule has 1 saturated heterocycles. The number of hydrogen-bond donors (Lipinski definition) is 1. The lowest BCUT2D eigenvalue weighted by atomic mass is 9.92. The third kappa shape index (κ3) is 3.21. The van der Waals surface area contributed by atoms with E-state index in [0.717, 1.165) is 38.8 Å². The third-order valence-electron chi connectivity index (χ3n) is 3.17. The molecule has 0 atom stereocenters. The summed E-state index contributed by atoms with van der Waals surface area (Å²) in [7, 11) is 0. The Hall–Kier alpha value is -0.540. The highest BCUT2D eigenvalue weighted by Crippen LogP contribution is 2.25. The van der Waals surface area contributed by atoms with Crippen molar-refractivity contribution >= 4 is 18.3 Å². The average Bonchev–Trinajstić information content (AvgIpc) is 2.12. The minimum atomic E-state index is 0. The van der Waals surface area contributed by atoms with Crippen LogP contribution in [0.3, 0.4) is 0 Å². The molecule has 2 N–H and O–H groups in total. The number of halogens is 1. The Bertz CT molecular complexity index is 251. The number of rotatable bonds is 1. The fourth-order valence-electron chi connectivity index (χ4n) is 1.91. The van der Waals surface area contributed by atoms with Gasteiger partial charge in [0.15, 0.2) is 0 Å². The van der Waals surface area contributed by atoms with Gasteiger partial charge in [0.25, 0.3) is 0 Å². The smallest absolute Gasteiger partial charge is 0.246 e. The van der Waals surface area contributed by atoms with Crippen LogP contribution in [0.4, 0.5) is 0 Å². The second kappa shape index (κ2) is 5.52. The predicted octanol–water partition coefficient (Wildman–Crippen LogP) is 1.47. The molecule has 0 unspecified atom stereocenters. The Morgan fingerprint density at radius 3 is 2.40 bits per heavy atom. The predicted molar refractivity (Wildman–Crippen MR) is 63.0 cm³/mol. The molecule has 2 fully saturated rings. The van der Waals surface area contributed by atoms with Gasteiger partial charge in [-0.1, -0.05) is 5.57 Å². The lowest BCUT2D eigenvalue weighted by molar-refractivity contribution is -0.127. The highest BCUT2D eigenvalue weighted by atomic mass is 35.5. The van der Waals surface area contributed by atoms with Gasteiger partial charge in [0, 0.05) is 25.2 Å². The first-order valence-electron chi connectivity index (χ1n) is 5.49. The van der Waals surface area contributed by atoms with Gasteiger partial charge < -0.3 is 10.6 Å².